The summed E-state index contributed by atoms with van der Waals surface area (Å²) < 4.78 is 16.3. The van der Waals surface area contributed by atoms with Crippen molar-refractivity contribution in [2.45, 2.75) is 81.5 Å². The molecule has 0 aromatic carbocycles. The van der Waals surface area contributed by atoms with Gasteiger partial charge in [-0.3, -0.25) is 4.79 Å². The van der Waals surface area contributed by atoms with E-state index in [4.69, 9.17) is 14.2 Å². The van der Waals surface area contributed by atoms with Gasteiger partial charge in [0, 0.05) is 13.0 Å². The van der Waals surface area contributed by atoms with Gasteiger partial charge in [-0.2, -0.15) is 0 Å². The van der Waals surface area contributed by atoms with Crippen molar-refractivity contribution in [2.24, 2.45) is 11.8 Å². The number of aliphatic hydroxyl groups is 7. The molecule has 0 aromatic heterocycles. The number of ether oxygens (including phenoxy) is 3. The smallest absolute Gasteiger partial charge is 0.223 e. The molecule has 186 valence electrons. The van der Waals surface area contributed by atoms with Crippen LogP contribution in [0, 0.1) is 11.8 Å². The topological polar surface area (TPSA) is 190 Å². The second-order valence-corrected chi connectivity index (χ2v) is 9.40. The number of nitrogens with zero attached hydrogens (tertiary/aromatic N) is 1. The van der Waals surface area contributed by atoms with Crippen LogP contribution in [0.25, 0.3) is 0 Å². The van der Waals surface area contributed by atoms with Gasteiger partial charge in [0.1, 0.15) is 42.7 Å². The zero-order valence-electron chi connectivity index (χ0n) is 18.2. The Bertz CT molecular complexity index is 649. The first kappa shape index (κ1) is 25.7. The van der Waals surface area contributed by atoms with E-state index in [1.165, 1.54) is 4.90 Å². The Morgan fingerprint density at radius 1 is 1.09 bits per heavy atom. The maximum Gasteiger partial charge on any atom is 0.223 e. The molecule has 0 radical (unpaired) electrons. The van der Waals surface area contributed by atoms with Gasteiger partial charge in [-0.05, 0) is 18.3 Å². The van der Waals surface area contributed by atoms with Gasteiger partial charge in [0.05, 0.1) is 19.8 Å². The number of rotatable bonds is 8. The largest absolute Gasteiger partial charge is 0.394 e. The van der Waals surface area contributed by atoms with Crippen LogP contribution in [0.4, 0.5) is 0 Å². The minimum absolute atomic E-state index is 0.124. The van der Waals surface area contributed by atoms with E-state index >= 15 is 0 Å². The molecular weight excluding hydrogens is 430 g/mol. The number of carbonyl (C=O) groups excluding carboxylic acids is 1. The third-order valence-corrected chi connectivity index (χ3v) is 6.33. The predicted octanol–water partition coefficient (Wildman–Crippen LogP) is -3.49. The van der Waals surface area contributed by atoms with Crippen LogP contribution >= 0.6 is 0 Å². The van der Waals surface area contributed by atoms with E-state index < -0.39 is 68.0 Å². The fourth-order valence-corrected chi connectivity index (χ4v) is 4.73. The molecule has 3 aliphatic heterocycles. The Balaban J connectivity index is 1.69. The lowest BCUT2D eigenvalue weighted by atomic mass is 9.96. The summed E-state index contributed by atoms with van der Waals surface area (Å²) in [6.45, 7) is 2.83. The molecule has 3 unspecified atom stereocenters. The van der Waals surface area contributed by atoms with Gasteiger partial charge in [0.15, 0.2) is 6.29 Å². The van der Waals surface area contributed by atoms with Gasteiger partial charge in [0.2, 0.25) is 11.7 Å². The number of aliphatic hydroxyl groups excluding tert-OH is 6. The van der Waals surface area contributed by atoms with Crippen LogP contribution in [0.1, 0.15) is 26.7 Å². The lowest BCUT2D eigenvalue weighted by Gasteiger charge is -2.41. The van der Waals surface area contributed by atoms with Crippen LogP contribution in [0.5, 0.6) is 0 Å². The Hall–Kier alpha value is -0.930. The first-order valence-corrected chi connectivity index (χ1v) is 10.9. The average molecular weight is 465 g/mol. The molecule has 3 rings (SSSR count). The monoisotopic (exact) mass is 465 g/mol. The van der Waals surface area contributed by atoms with Crippen LogP contribution in [-0.4, -0.2) is 128 Å². The van der Waals surface area contributed by atoms with Gasteiger partial charge in [-0.1, -0.05) is 13.8 Å². The standard InChI is InChI=1S/C20H35NO11/c1-9(2)3-10-4-13(24)21(5-10)8-20(29)18(28)17(12(7-23)32-20)31-19-16(27)15(26)14(25)11(6-22)30-19/h9-12,14-19,22-23,25-29H,3-8H2,1-2H3/t10-,11-,12?,14+,15+,16-,17?,18?,19+,20-/m1/s1. The highest BCUT2D eigenvalue weighted by molar-refractivity contribution is 5.78. The van der Waals surface area contributed by atoms with Crippen molar-refractivity contribution in [3.05, 3.63) is 0 Å². The summed E-state index contributed by atoms with van der Waals surface area (Å²) in [4.78, 5) is 13.8. The summed E-state index contributed by atoms with van der Waals surface area (Å²) in [5.74, 6) is -1.90. The van der Waals surface area contributed by atoms with Crippen molar-refractivity contribution in [3.63, 3.8) is 0 Å². The molecule has 0 saturated carbocycles. The number of hydrogen-bond acceptors (Lipinski definition) is 11. The molecule has 3 heterocycles. The second-order valence-electron chi connectivity index (χ2n) is 9.40. The molecule has 3 fully saturated rings. The van der Waals surface area contributed by atoms with Crippen LogP contribution < -0.4 is 0 Å². The Kier molecular flexibility index (Phi) is 8.14. The first-order chi connectivity index (χ1) is 15.0. The maximum atomic E-state index is 12.4. The van der Waals surface area contributed by atoms with Crippen molar-refractivity contribution in [1.29, 1.82) is 0 Å². The molecule has 12 heteroatoms. The highest BCUT2D eigenvalue weighted by atomic mass is 16.7. The van der Waals surface area contributed by atoms with Crippen LogP contribution in [-0.2, 0) is 19.0 Å². The number of carbonyl (C=O) groups is 1. The summed E-state index contributed by atoms with van der Waals surface area (Å²) in [7, 11) is 0. The van der Waals surface area contributed by atoms with Gasteiger partial charge in [0.25, 0.3) is 0 Å². The van der Waals surface area contributed by atoms with Crippen LogP contribution in [0.15, 0.2) is 0 Å². The minimum Gasteiger partial charge on any atom is -0.394 e. The predicted molar refractivity (Wildman–Crippen MR) is 106 cm³/mol. The number of hydrogen-bond donors (Lipinski definition) is 7. The number of β-amino-alcohol motifs (C(OH)–C–C–N with tert-alkyl or cyclic N) is 1. The summed E-state index contributed by atoms with van der Waals surface area (Å²) in [6.07, 6.45) is -11.0. The Morgan fingerprint density at radius 3 is 2.34 bits per heavy atom. The zero-order chi connectivity index (χ0) is 23.8. The van der Waals surface area contributed by atoms with Crippen LogP contribution in [0.2, 0.25) is 0 Å². The highest BCUT2D eigenvalue weighted by Gasteiger charge is 2.58. The minimum atomic E-state index is -2.24. The van der Waals surface area contributed by atoms with E-state index in [-0.39, 0.29) is 18.4 Å². The van der Waals surface area contributed by atoms with Gasteiger partial charge in [-0.25, -0.2) is 0 Å². The maximum absolute atomic E-state index is 12.4. The lowest BCUT2D eigenvalue weighted by molar-refractivity contribution is -0.318. The molecule has 10 atom stereocenters. The summed E-state index contributed by atoms with van der Waals surface area (Å²) in [6, 6.07) is 0. The number of likely N-dealkylation sites (tertiary alicyclic amines) is 1. The summed E-state index contributed by atoms with van der Waals surface area (Å²) >= 11 is 0. The van der Waals surface area contributed by atoms with E-state index in [0.29, 0.717) is 18.9 Å². The van der Waals surface area contributed by atoms with Crippen molar-refractivity contribution >= 4 is 5.91 Å². The van der Waals surface area contributed by atoms with E-state index in [0.717, 1.165) is 6.42 Å². The summed E-state index contributed by atoms with van der Waals surface area (Å²) in [5.41, 5.74) is 0. The molecule has 12 nitrogen and oxygen atoms in total. The normalized spacial score (nSPS) is 45.2. The Morgan fingerprint density at radius 2 is 1.75 bits per heavy atom. The molecule has 0 bridgehead atoms. The molecule has 32 heavy (non-hydrogen) atoms. The van der Waals surface area contributed by atoms with Crippen molar-refractivity contribution in [1.82, 2.24) is 4.90 Å². The van der Waals surface area contributed by atoms with E-state index in [1.54, 1.807) is 0 Å². The molecule has 3 saturated heterocycles. The third-order valence-electron chi connectivity index (χ3n) is 6.33. The fourth-order valence-electron chi connectivity index (χ4n) is 4.73. The molecule has 3 aliphatic rings. The molecule has 0 aromatic rings. The third kappa shape index (κ3) is 5.09. The summed E-state index contributed by atoms with van der Waals surface area (Å²) in [5, 5.41) is 70.8. The van der Waals surface area contributed by atoms with E-state index in [9.17, 15) is 40.5 Å². The first-order valence-electron chi connectivity index (χ1n) is 10.9. The SMILES string of the molecule is CC(C)C[C@@H]1CC(=O)N(C[C@@]2(O)OC(CO)C(O[C@@H]3O[C@H](CO)[C@H](O)[C@H](O)[C@H]3O)C2O)C1. The van der Waals surface area contributed by atoms with Crippen LogP contribution in [0.3, 0.4) is 0 Å². The fraction of sp³-hybridized carbons (Fsp3) is 0.950. The molecule has 0 aliphatic carbocycles. The molecule has 7 N–H and O–H groups in total. The molecular formula is C20H35NO11. The van der Waals surface area contributed by atoms with Crippen molar-refractivity contribution in [3.8, 4) is 0 Å². The van der Waals surface area contributed by atoms with Crippen molar-refractivity contribution < 1.29 is 54.8 Å². The lowest BCUT2D eigenvalue weighted by Crippen LogP contribution is -2.61. The highest BCUT2D eigenvalue weighted by Crippen LogP contribution is 2.36. The molecule has 1 amide bonds. The Labute approximate surface area is 185 Å². The van der Waals surface area contributed by atoms with Gasteiger partial charge < -0.3 is 54.9 Å². The molecule has 0 spiro atoms. The quantitative estimate of drug-likeness (QED) is 0.188. The second kappa shape index (κ2) is 10.1. The van der Waals surface area contributed by atoms with Gasteiger partial charge >= 0.3 is 0 Å². The van der Waals surface area contributed by atoms with E-state index in [1.807, 2.05) is 0 Å². The van der Waals surface area contributed by atoms with Crippen molar-refractivity contribution in [2.75, 3.05) is 26.3 Å². The zero-order valence-corrected chi connectivity index (χ0v) is 18.2. The van der Waals surface area contributed by atoms with E-state index in [2.05, 4.69) is 13.8 Å². The average Bonchev–Trinajstić information content (AvgIpc) is 3.18. The number of amides is 1. The van der Waals surface area contributed by atoms with Gasteiger partial charge in [-0.15, -0.1) is 0 Å².